The number of rotatable bonds is 3. The topological polar surface area (TPSA) is 46.4 Å². The van der Waals surface area contributed by atoms with Crippen LogP contribution < -0.4 is 10.9 Å². The van der Waals surface area contributed by atoms with Gasteiger partial charge >= 0.3 is 0 Å². The lowest BCUT2D eigenvalue weighted by atomic mass is 10.2. The fraction of sp³-hybridized carbons (Fsp3) is 0.176. The molecule has 0 aliphatic carbocycles. The maximum absolute atomic E-state index is 13.3. The van der Waals surface area contributed by atoms with E-state index in [0.29, 0.717) is 23.6 Å². The van der Waals surface area contributed by atoms with Gasteiger partial charge in [-0.15, -0.1) is 0 Å². The van der Waals surface area contributed by atoms with E-state index in [9.17, 15) is 9.18 Å². The molecule has 0 spiro atoms. The first-order valence-electron chi connectivity index (χ1n) is 7.02. The minimum absolute atomic E-state index is 0.124. The number of aromatic nitrogens is 2. The van der Waals surface area contributed by atoms with Crippen molar-refractivity contribution in [2.45, 2.75) is 20.4 Å². The molecular weight excluding hydrogens is 281 g/mol. The lowest BCUT2D eigenvalue weighted by Gasteiger charge is -2.10. The number of nitrogens with one attached hydrogen (secondary N) is 1. The van der Waals surface area contributed by atoms with Crippen LogP contribution in [0.4, 0.5) is 10.1 Å². The average Bonchev–Trinajstić information content (AvgIpc) is 2.49. The fourth-order valence-corrected chi connectivity index (χ4v) is 2.32. The summed E-state index contributed by atoms with van der Waals surface area (Å²) in [6.07, 6.45) is 1.76. The minimum Gasteiger partial charge on any atom is -0.379 e. The summed E-state index contributed by atoms with van der Waals surface area (Å²) in [4.78, 5) is 16.6. The van der Waals surface area contributed by atoms with Gasteiger partial charge in [0.1, 0.15) is 11.5 Å². The highest BCUT2D eigenvalue weighted by Gasteiger charge is 2.04. The zero-order valence-corrected chi connectivity index (χ0v) is 12.4. The first-order chi connectivity index (χ1) is 10.5. The molecule has 0 unspecified atom stereocenters. The Labute approximate surface area is 127 Å². The van der Waals surface area contributed by atoms with Crippen LogP contribution in [0.25, 0.3) is 5.65 Å². The number of aryl methyl sites for hydroxylation is 2. The van der Waals surface area contributed by atoms with Crippen LogP contribution in [0.3, 0.4) is 0 Å². The van der Waals surface area contributed by atoms with Crippen molar-refractivity contribution in [2.24, 2.45) is 0 Å². The van der Waals surface area contributed by atoms with Gasteiger partial charge < -0.3 is 5.32 Å². The van der Waals surface area contributed by atoms with Gasteiger partial charge in [0, 0.05) is 18.0 Å². The maximum Gasteiger partial charge on any atom is 0.258 e. The first-order valence-corrected chi connectivity index (χ1v) is 7.02. The second-order valence-corrected chi connectivity index (χ2v) is 5.33. The van der Waals surface area contributed by atoms with E-state index < -0.39 is 0 Å². The number of hydrogen-bond donors (Lipinski definition) is 1. The first kappa shape index (κ1) is 14.3. The van der Waals surface area contributed by atoms with E-state index in [2.05, 4.69) is 10.3 Å². The predicted molar refractivity (Wildman–Crippen MR) is 84.7 cm³/mol. The van der Waals surface area contributed by atoms with Gasteiger partial charge in [0.2, 0.25) is 0 Å². The summed E-state index contributed by atoms with van der Waals surface area (Å²) in [5.74, 6) is -0.296. The summed E-state index contributed by atoms with van der Waals surface area (Å²) in [6, 6.07) is 9.79. The molecule has 0 aliphatic heterocycles. The zero-order valence-electron chi connectivity index (χ0n) is 12.4. The van der Waals surface area contributed by atoms with Crippen LogP contribution in [0.15, 0.2) is 47.4 Å². The number of hydrogen-bond acceptors (Lipinski definition) is 3. The zero-order chi connectivity index (χ0) is 15.7. The monoisotopic (exact) mass is 297 g/mol. The summed E-state index contributed by atoms with van der Waals surface area (Å²) >= 11 is 0. The lowest BCUT2D eigenvalue weighted by molar-refractivity contribution is 0.628. The van der Waals surface area contributed by atoms with Gasteiger partial charge in [-0.05, 0) is 43.2 Å². The van der Waals surface area contributed by atoms with Crippen molar-refractivity contribution in [3.8, 4) is 0 Å². The van der Waals surface area contributed by atoms with Crippen LogP contribution >= 0.6 is 0 Å². The number of benzene rings is 1. The lowest BCUT2D eigenvalue weighted by Crippen LogP contribution is -2.17. The smallest absolute Gasteiger partial charge is 0.258 e. The third-order valence-electron chi connectivity index (χ3n) is 3.52. The van der Waals surface area contributed by atoms with Crippen molar-refractivity contribution < 1.29 is 4.39 Å². The van der Waals surface area contributed by atoms with Gasteiger partial charge in [-0.2, -0.15) is 0 Å². The highest BCUT2D eigenvalue weighted by molar-refractivity contribution is 5.51. The van der Waals surface area contributed by atoms with Crippen molar-refractivity contribution in [1.82, 2.24) is 9.38 Å². The molecule has 3 rings (SSSR count). The Kier molecular flexibility index (Phi) is 3.63. The average molecular weight is 297 g/mol. The van der Waals surface area contributed by atoms with Gasteiger partial charge in [0.15, 0.2) is 0 Å². The number of anilines is 1. The van der Waals surface area contributed by atoms with Crippen LogP contribution in [-0.4, -0.2) is 9.38 Å². The van der Waals surface area contributed by atoms with Crippen molar-refractivity contribution in [1.29, 1.82) is 0 Å². The molecule has 0 fully saturated rings. The molecule has 1 aromatic carbocycles. The molecule has 112 valence electrons. The van der Waals surface area contributed by atoms with Gasteiger partial charge in [-0.25, -0.2) is 9.37 Å². The molecule has 2 aromatic heterocycles. The summed E-state index contributed by atoms with van der Waals surface area (Å²) in [5.41, 5.74) is 3.74. The molecule has 0 radical (unpaired) electrons. The number of fused-ring (bicyclic) bond motifs is 1. The molecule has 0 atom stereocenters. The van der Waals surface area contributed by atoms with E-state index in [-0.39, 0.29) is 11.4 Å². The van der Waals surface area contributed by atoms with Crippen molar-refractivity contribution in [3.63, 3.8) is 0 Å². The molecule has 22 heavy (non-hydrogen) atoms. The highest BCUT2D eigenvalue weighted by atomic mass is 19.1. The Hall–Kier alpha value is -2.69. The second kappa shape index (κ2) is 5.60. The summed E-state index contributed by atoms with van der Waals surface area (Å²) in [6.45, 7) is 4.19. The number of pyridine rings is 1. The van der Waals surface area contributed by atoms with Crippen LogP contribution in [0.5, 0.6) is 0 Å². The van der Waals surface area contributed by atoms with E-state index in [1.165, 1.54) is 22.6 Å². The molecule has 0 saturated heterocycles. The van der Waals surface area contributed by atoms with Gasteiger partial charge in [0.05, 0.1) is 12.2 Å². The Morgan fingerprint density at radius 2 is 2.00 bits per heavy atom. The standard InChI is InChI=1S/C17H16FN3O/c1-11-3-6-16-20-14(8-17(22)21(16)10-11)9-19-15-7-13(18)5-4-12(15)2/h3-8,10,19H,9H2,1-2H3. The largest absolute Gasteiger partial charge is 0.379 e. The molecule has 5 heteroatoms. The fourth-order valence-electron chi connectivity index (χ4n) is 2.32. The van der Waals surface area contributed by atoms with Crippen LogP contribution in [0, 0.1) is 19.7 Å². The maximum atomic E-state index is 13.3. The molecule has 0 amide bonds. The SMILES string of the molecule is Cc1ccc2nc(CNc3cc(F)ccc3C)cc(=O)n2c1. The van der Waals surface area contributed by atoms with E-state index in [1.54, 1.807) is 12.3 Å². The Bertz CT molecular complexity index is 902. The normalized spacial score (nSPS) is 10.9. The van der Waals surface area contributed by atoms with Crippen LogP contribution in [0.2, 0.25) is 0 Å². The van der Waals surface area contributed by atoms with Gasteiger partial charge in [0.25, 0.3) is 5.56 Å². The van der Waals surface area contributed by atoms with E-state index in [4.69, 9.17) is 0 Å². The molecule has 2 heterocycles. The van der Waals surface area contributed by atoms with E-state index in [0.717, 1.165) is 11.1 Å². The molecule has 3 aromatic rings. The molecule has 4 nitrogen and oxygen atoms in total. The minimum atomic E-state index is -0.296. The molecule has 0 saturated carbocycles. The number of nitrogens with zero attached hydrogens (tertiary/aromatic N) is 2. The molecular formula is C17H16FN3O. The Morgan fingerprint density at radius 1 is 1.18 bits per heavy atom. The Morgan fingerprint density at radius 3 is 2.82 bits per heavy atom. The van der Waals surface area contributed by atoms with E-state index >= 15 is 0 Å². The van der Waals surface area contributed by atoms with Crippen molar-refractivity contribution in [3.05, 3.63) is 75.6 Å². The third kappa shape index (κ3) is 2.83. The number of halogens is 1. The molecule has 0 aliphatic rings. The summed E-state index contributed by atoms with van der Waals surface area (Å²) in [7, 11) is 0. The Balaban J connectivity index is 1.90. The van der Waals surface area contributed by atoms with Gasteiger partial charge in [-0.1, -0.05) is 12.1 Å². The second-order valence-electron chi connectivity index (χ2n) is 5.33. The summed E-state index contributed by atoms with van der Waals surface area (Å²) < 4.78 is 14.8. The quantitative estimate of drug-likeness (QED) is 0.808. The third-order valence-corrected chi connectivity index (χ3v) is 3.52. The van der Waals surface area contributed by atoms with E-state index in [1.807, 2.05) is 26.0 Å². The van der Waals surface area contributed by atoms with Gasteiger partial charge in [-0.3, -0.25) is 9.20 Å². The molecule has 1 N–H and O–H groups in total. The predicted octanol–water partition coefficient (Wildman–Crippen LogP) is 3.06. The highest BCUT2D eigenvalue weighted by Crippen LogP contribution is 2.16. The van der Waals surface area contributed by atoms with Crippen LogP contribution in [-0.2, 0) is 6.54 Å². The molecule has 0 bridgehead atoms. The van der Waals surface area contributed by atoms with Crippen molar-refractivity contribution in [2.75, 3.05) is 5.32 Å². The van der Waals surface area contributed by atoms with Crippen LogP contribution in [0.1, 0.15) is 16.8 Å². The van der Waals surface area contributed by atoms with Crippen molar-refractivity contribution >= 4 is 11.3 Å². The summed E-state index contributed by atoms with van der Waals surface area (Å²) in [5, 5.41) is 3.12.